The van der Waals surface area contributed by atoms with E-state index in [2.05, 4.69) is 0 Å². The zero-order chi connectivity index (χ0) is 14.8. The molecule has 1 N–H and O–H groups in total. The number of rotatable bonds is 5. The van der Waals surface area contributed by atoms with Crippen molar-refractivity contribution in [1.82, 2.24) is 0 Å². The normalized spacial score (nSPS) is 22.8. The molecule has 1 aliphatic heterocycles. The molecule has 0 unspecified atom stereocenters. The van der Waals surface area contributed by atoms with Crippen molar-refractivity contribution in [3.05, 3.63) is 29.6 Å². The first-order chi connectivity index (χ1) is 9.41. The van der Waals surface area contributed by atoms with Gasteiger partial charge in [-0.2, -0.15) is 0 Å². The van der Waals surface area contributed by atoms with Gasteiger partial charge in [0.25, 0.3) is 0 Å². The molecular formula is C15H21FO4. The maximum Gasteiger partial charge on any atom is 0.165 e. The van der Waals surface area contributed by atoms with Gasteiger partial charge in [-0.15, -0.1) is 0 Å². The molecule has 0 aliphatic carbocycles. The van der Waals surface area contributed by atoms with Crippen LogP contribution in [0.25, 0.3) is 0 Å². The molecule has 0 spiro atoms. The molecule has 0 radical (unpaired) electrons. The fourth-order valence-corrected chi connectivity index (χ4v) is 2.10. The molecule has 1 fully saturated rings. The van der Waals surface area contributed by atoms with Gasteiger partial charge in [0, 0.05) is 0 Å². The highest BCUT2D eigenvalue weighted by atomic mass is 19.1. The maximum absolute atomic E-state index is 13.7. The van der Waals surface area contributed by atoms with Crippen molar-refractivity contribution in [3.8, 4) is 5.75 Å². The van der Waals surface area contributed by atoms with Crippen LogP contribution >= 0.6 is 0 Å². The van der Waals surface area contributed by atoms with E-state index in [1.807, 2.05) is 20.8 Å². The lowest BCUT2D eigenvalue weighted by Crippen LogP contribution is -2.25. The Hall–Kier alpha value is -1.17. The van der Waals surface area contributed by atoms with Gasteiger partial charge in [-0.1, -0.05) is 13.0 Å². The molecule has 1 aromatic carbocycles. The smallest absolute Gasteiger partial charge is 0.165 e. The fourth-order valence-electron chi connectivity index (χ4n) is 2.10. The van der Waals surface area contributed by atoms with Crippen LogP contribution in [0.2, 0.25) is 0 Å². The van der Waals surface area contributed by atoms with Gasteiger partial charge in [0.15, 0.2) is 17.4 Å². The molecule has 0 aromatic heterocycles. The number of halogens is 1. The Balaban J connectivity index is 1.99. The molecule has 1 aromatic rings. The Kier molecular flexibility index (Phi) is 4.62. The average molecular weight is 284 g/mol. The predicted octanol–water partition coefficient (Wildman–Crippen LogP) is 2.80. The van der Waals surface area contributed by atoms with Crippen molar-refractivity contribution in [3.63, 3.8) is 0 Å². The third-order valence-electron chi connectivity index (χ3n) is 3.22. The summed E-state index contributed by atoms with van der Waals surface area (Å²) in [5.41, 5.74) is 0.646. The molecule has 20 heavy (non-hydrogen) atoms. The van der Waals surface area contributed by atoms with Crippen LogP contribution in [-0.2, 0) is 9.47 Å². The molecule has 0 saturated carbocycles. The maximum atomic E-state index is 13.7. The minimum absolute atomic E-state index is 0.128. The largest absolute Gasteiger partial charge is 0.488 e. The number of hydrogen-bond donors (Lipinski definition) is 1. The summed E-state index contributed by atoms with van der Waals surface area (Å²) in [5, 5.41) is 9.77. The number of ether oxygens (including phenoxy) is 3. The standard InChI is InChI=1S/C15H21FO4/c1-4-13(17)10-5-6-12(16)14(7-10)18-8-11-9-19-15(2,3)20-11/h5-7,11,13,17H,4,8-9H2,1-3H3/t11-,13+/m0/s1. The highest BCUT2D eigenvalue weighted by molar-refractivity contribution is 5.31. The van der Waals surface area contributed by atoms with Gasteiger partial charge in [0.05, 0.1) is 12.7 Å². The number of benzene rings is 1. The topological polar surface area (TPSA) is 47.9 Å². The van der Waals surface area contributed by atoms with Crippen LogP contribution in [0.1, 0.15) is 38.9 Å². The first-order valence-electron chi connectivity index (χ1n) is 6.83. The van der Waals surface area contributed by atoms with Crippen molar-refractivity contribution in [2.24, 2.45) is 0 Å². The minimum atomic E-state index is -0.618. The van der Waals surface area contributed by atoms with Crippen LogP contribution in [0.5, 0.6) is 5.75 Å². The van der Waals surface area contributed by atoms with Crippen molar-refractivity contribution < 1.29 is 23.7 Å². The fraction of sp³-hybridized carbons (Fsp3) is 0.600. The first-order valence-corrected chi connectivity index (χ1v) is 6.83. The molecule has 1 heterocycles. The summed E-state index contributed by atoms with van der Waals surface area (Å²) in [5.74, 6) is -0.939. The van der Waals surface area contributed by atoms with Crippen LogP contribution in [0.4, 0.5) is 4.39 Å². The first kappa shape index (κ1) is 15.2. The minimum Gasteiger partial charge on any atom is -0.488 e. The van der Waals surface area contributed by atoms with Gasteiger partial charge in [-0.3, -0.25) is 0 Å². The van der Waals surface area contributed by atoms with Gasteiger partial charge in [-0.05, 0) is 38.0 Å². The van der Waals surface area contributed by atoms with E-state index >= 15 is 0 Å². The molecule has 2 rings (SSSR count). The van der Waals surface area contributed by atoms with Crippen molar-refractivity contribution >= 4 is 0 Å². The van der Waals surface area contributed by atoms with E-state index in [0.29, 0.717) is 18.6 Å². The van der Waals surface area contributed by atoms with E-state index in [9.17, 15) is 9.50 Å². The summed E-state index contributed by atoms with van der Waals surface area (Å²) in [4.78, 5) is 0. The molecular weight excluding hydrogens is 263 g/mol. The van der Waals surface area contributed by atoms with Crippen LogP contribution in [0.15, 0.2) is 18.2 Å². The highest BCUT2D eigenvalue weighted by Gasteiger charge is 2.33. The van der Waals surface area contributed by atoms with Crippen LogP contribution < -0.4 is 4.74 Å². The van der Waals surface area contributed by atoms with Crippen LogP contribution in [-0.4, -0.2) is 30.2 Å². The molecule has 112 valence electrons. The van der Waals surface area contributed by atoms with E-state index < -0.39 is 17.7 Å². The molecule has 1 saturated heterocycles. The quantitative estimate of drug-likeness (QED) is 0.903. The Morgan fingerprint density at radius 1 is 1.50 bits per heavy atom. The van der Waals surface area contributed by atoms with E-state index in [-0.39, 0.29) is 18.5 Å². The second-order valence-corrected chi connectivity index (χ2v) is 5.38. The zero-order valence-electron chi connectivity index (χ0n) is 12.1. The van der Waals surface area contributed by atoms with Gasteiger partial charge in [-0.25, -0.2) is 4.39 Å². The van der Waals surface area contributed by atoms with E-state index in [0.717, 1.165) is 0 Å². The van der Waals surface area contributed by atoms with Crippen molar-refractivity contribution in [2.75, 3.05) is 13.2 Å². The third kappa shape index (κ3) is 3.69. The Labute approximate surface area is 118 Å². The molecule has 4 nitrogen and oxygen atoms in total. The molecule has 2 atom stereocenters. The summed E-state index contributed by atoms with van der Waals surface area (Å²) < 4.78 is 30.1. The molecule has 1 aliphatic rings. The summed E-state index contributed by atoms with van der Waals surface area (Å²) in [6.45, 7) is 6.15. The monoisotopic (exact) mass is 284 g/mol. The van der Waals surface area contributed by atoms with Crippen LogP contribution in [0, 0.1) is 5.82 Å². The third-order valence-corrected chi connectivity index (χ3v) is 3.22. The van der Waals surface area contributed by atoms with E-state index in [1.165, 1.54) is 12.1 Å². The van der Waals surface area contributed by atoms with Crippen molar-refractivity contribution in [1.29, 1.82) is 0 Å². The summed E-state index contributed by atoms with van der Waals surface area (Å²) in [7, 11) is 0. The lowest BCUT2D eigenvalue weighted by molar-refractivity contribution is -0.141. The van der Waals surface area contributed by atoms with Gasteiger partial charge in [0.1, 0.15) is 12.7 Å². The van der Waals surface area contributed by atoms with Gasteiger partial charge in [0.2, 0.25) is 0 Å². The number of aliphatic hydroxyl groups excluding tert-OH is 1. The predicted molar refractivity (Wildman–Crippen MR) is 72.0 cm³/mol. The van der Waals surface area contributed by atoms with Gasteiger partial charge >= 0.3 is 0 Å². The Morgan fingerprint density at radius 3 is 2.85 bits per heavy atom. The van der Waals surface area contributed by atoms with Gasteiger partial charge < -0.3 is 19.3 Å². The molecule has 0 amide bonds. The molecule has 0 bridgehead atoms. The van der Waals surface area contributed by atoms with Crippen LogP contribution in [0.3, 0.4) is 0 Å². The second kappa shape index (κ2) is 6.08. The average Bonchev–Trinajstić information content (AvgIpc) is 2.76. The summed E-state index contributed by atoms with van der Waals surface area (Å²) >= 11 is 0. The number of aliphatic hydroxyl groups is 1. The molecule has 5 heteroatoms. The van der Waals surface area contributed by atoms with Crippen molar-refractivity contribution in [2.45, 2.75) is 45.2 Å². The number of hydrogen-bond acceptors (Lipinski definition) is 4. The SMILES string of the molecule is CC[C@@H](O)c1ccc(F)c(OC[C@H]2COC(C)(C)O2)c1. The lowest BCUT2D eigenvalue weighted by atomic mass is 10.1. The zero-order valence-corrected chi connectivity index (χ0v) is 12.1. The highest BCUT2D eigenvalue weighted by Crippen LogP contribution is 2.26. The summed E-state index contributed by atoms with van der Waals surface area (Å²) in [6.07, 6.45) is -0.258. The Bertz CT molecular complexity index is 461. The van der Waals surface area contributed by atoms with E-state index in [4.69, 9.17) is 14.2 Å². The Morgan fingerprint density at radius 2 is 2.25 bits per heavy atom. The van der Waals surface area contributed by atoms with E-state index in [1.54, 1.807) is 6.07 Å². The summed E-state index contributed by atoms with van der Waals surface area (Å²) in [6, 6.07) is 4.40. The second-order valence-electron chi connectivity index (χ2n) is 5.38. The lowest BCUT2D eigenvalue weighted by Gasteiger charge is -2.18.